The summed E-state index contributed by atoms with van der Waals surface area (Å²) in [6, 6.07) is 0.637. The third-order valence-electron chi connectivity index (χ3n) is 3.90. The molecule has 0 radical (unpaired) electrons. The fourth-order valence-electron chi connectivity index (χ4n) is 2.71. The van der Waals surface area contributed by atoms with Gasteiger partial charge in [-0.25, -0.2) is 9.97 Å². The Labute approximate surface area is 119 Å². The molecular weight excluding hydrogens is 252 g/mol. The Kier molecular flexibility index (Phi) is 3.78. The van der Waals surface area contributed by atoms with E-state index in [4.69, 9.17) is 4.42 Å². The minimum atomic E-state index is 0.524. The highest BCUT2D eigenvalue weighted by molar-refractivity contribution is 5.43. The standard InChI is InChI=1S/C15H20N4O/c1-11(2)19-5-3-12(10-19)7-13-8-18-14(9-17-13)15-16-4-6-20-15/h4,6,8-9,11-12H,3,5,7,10H2,1-2H3/t12-/m1/s1. The smallest absolute Gasteiger partial charge is 0.246 e. The van der Waals surface area contributed by atoms with Crippen molar-refractivity contribution in [3.05, 3.63) is 30.5 Å². The second-order valence-electron chi connectivity index (χ2n) is 5.68. The average molecular weight is 272 g/mol. The molecule has 1 aliphatic heterocycles. The molecule has 0 aromatic carbocycles. The highest BCUT2D eigenvalue weighted by atomic mass is 16.3. The van der Waals surface area contributed by atoms with E-state index in [1.807, 2.05) is 6.20 Å². The Balaban J connectivity index is 1.62. The molecule has 106 valence electrons. The SMILES string of the molecule is CC(C)N1CC[C@H](Cc2cnc(-c3ncco3)cn2)C1. The minimum Gasteiger partial charge on any atom is -0.443 e. The maximum absolute atomic E-state index is 5.21. The first-order valence-corrected chi connectivity index (χ1v) is 7.17. The molecule has 20 heavy (non-hydrogen) atoms. The normalized spacial score (nSPS) is 19.9. The number of nitrogens with zero attached hydrogens (tertiary/aromatic N) is 4. The van der Waals surface area contributed by atoms with Crippen LogP contribution in [0.4, 0.5) is 0 Å². The molecule has 5 heteroatoms. The van der Waals surface area contributed by atoms with Crippen LogP contribution >= 0.6 is 0 Å². The Morgan fingerprint density at radius 2 is 2.20 bits per heavy atom. The third kappa shape index (κ3) is 2.88. The summed E-state index contributed by atoms with van der Waals surface area (Å²) < 4.78 is 5.21. The Morgan fingerprint density at radius 3 is 2.80 bits per heavy atom. The van der Waals surface area contributed by atoms with Crippen molar-refractivity contribution in [2.75, 3.05) is 13.1 Å². The summed E-state index contributed by atoms with van der Waals surface area (Å²) in [5, 5.41) is 0. The van der Waals surface area contributed by atoms with E-state index in [-0.39, 0.29) is 0 Å². The van der Waals surface area contributed by atoms with Crippen LogP contribution in [0.15, 0.2) is 29.3 Å². The molecule has 0 unspecified atom stereocenters. The van der Waals surface area contributed by atoms with Crippen molar-refractivity contribution in [1.82, 2.24) is 19.9 Å². The lowest BCUT2D eigenvalue weighted by molar-refractivity contribution is 0.264. The molecule has 3 heterocycles. The van der Waals surface area contributed by atoms with Crippen molar-refractivity contribution in [2.24, 2.45) is 5.92 Å². The topological polar surface area (TPSA) is 55.1 Å². The molecule has 0 amide bonds. The lowest BCUT2D eigenvalue weighted by atomic mass is 10.0. The molecule has 3 rings (SSSR count). The van der Waals surface area contributed by atoms with Crippen LogP contribution < -0.4 is 0 Å². The van der Waals surface area contributed by atoms with Crippen LogP contribution in [0.1, 0.15) is 26.0 Å². The molecule has 5 nitrogen and oxygen atoms in total. The molecule has 1 saturated heterocycles. The molecule has 0 N–H and O–H groups in total. The number of rotatable bonds is 4. The zero-order valence-corrected chi connectivity index (χ0v) is 12.0. The summed E-state index contributed by atoms with van der Waals surface area (Å²) in [5.74, 6) is 1.22. The van der Waals surface area contributed by atoms with E-state index in [0.29, 0.717) is 23.5 Å². The van der Waals surface area contributed by atoms with Crippen molar-refractivity contribution in [1.29, 1.82) is 0 Å². The first-order chi connectivity index (χ1) is 9.72. The number of oxazole rings is 1. The molecule has 0 bridgehead atoms. The molecule has 2 aromatic rings. The van der Waals surface area contributed by atoms with Crippen molar-refractivity contribution >= 4 is 0 Å². The number of aromatic nitrogens is 3. The first-order valence-electron chi connectivity index (χ1n) is 7.17. The summed E-state index contributed by atoms with van der Waals surface area (Å²) in [7, 11) is 0. The van der Waals surface area contributed by atoms with E-state index in [9.17, 15) is 0 Å². The molecule has 2 aromatic heterocycles. The third-order valence-corrected chi connectivity index (χ3v) is 3.90. The fraction of sp³-hybridized carbons (Fsp3) is 0.533. The minimum absolute atomic E-state index is 0.524. The summed E-state index contributed by atoms with van der Waals surface area (Å²) in [6.45, 7) is 6.88. The van der Waals surface area contributed by atoms with E-state index in [1.54, 1.807) is 18.7 Å². The van der Waals surface area contributed by atoms with E-state index in [1.165, 1.54) is 19.5 Å². The van der Waals surface area contributed by atoms with Gasteiger partial charge in [-0.3, -0.25) is 4.98 Å². The van der Waals surface area contributed by atoms with Crippen molar-refractivity contribution in [3.63, 3.8) is 0 Å². The van der Waals surface area contributed by atoms with Gasteiger partial charge >= 0.3 is 0 Å². The summed E-state index contributed by atoms with van der Waals surface area (Å²) in [6.07, 6.45) is 9.01. The van der Waals surface area contributed by atoms with Crippen LogP contribution in [0.3, 0.4) is 0 Å². The van der Waals surface area contributed by atoms with Gasteiger partial charge in [0.05, 0.1) is 18.1 Å². The predicted octanol–water partition coefficient (Wildman–Crippen LogP) is 2.40. The molecule has 1 atom stereocenters. The average Bonchev–Trinajstić information content (AvgIpc) is 3.10. The largest absolute Gasteiger partial charge is 0.443 e. The van der Waals surface area contributed by atoms with Gasteiger partial charge in [0.1, 0.15) is 12.0 Å². The number of hydrogen-bond acceptors (Lipinski definition) is 5. The van der Waals surface area contributed by atoms with Gasteiger partial charge in [-0.15, -0.1) is 0 Å². The lowest BCUT2D eigenvalue weighted by Gasteiger charge is -2.20. The predicted molar refractivity (Wildman–Crippen MR) is 76.0 cm³/mol. The van der Waals surface area contributed by atoms with Gasteiger partial charge in [0.25, 0.3) is 0 Å². The molecular formula is C15H20N4O. The highest BCUT2D eigenvalue weighted by Crippen LogP contribution is 2.22. The van der Waals surface area contributed by atoms with Crippen LogP contribution in [0.25, 0.3) is 11.6 Å². The van der Waals surface area contributed by atoms with Gasteiger partial charge in [-0.05, 0) is 39.2 Å². The Hall–Kier alpha value is -1.75. The van der Waals surface area contributed by atoms with Crippen LogP contribution in [-0.4, -0.2) is 39.0 Å². The zero-order valence-electron chi connectivity index (χ0n) is 12.0. The molecule has 0 saturated carbocycles. The van der Waals surface area contributed by atoms with Crippen molar-refractivity contribution in [2.45, 2.75) is 32.7 Å². The van der Waals surface area contributed by atoms with Gasteiger partial charge in [0.2, 0.25) is 5.89 Å². The fourth-order valence-corrected chi connectivity index (χ4v) is 2.71. The van der Waals surface area contributed by atoms with Gasteiger partial charge in [0.15, 0.2) is 0 Å². The maximum atomic E-state index is 5.21. The zero-order chi connectivity index (χ0) is 13.9. The summed E-state index contributed by atoms with van der Waals surface area (Å²) >= 11 is 0. The Bertz CT molecular complexity index is 536. The van der Waals surface area contributed by atoms with Crippen LogP contribution in [0, 0.1) is 5.92 Å². The monoisotopic (exact) mass is 272 g/mol. The van der Waals surface area contributed by atoms with Crippen LogP contribution in [0.2, 0.25) is 0 Å². The molecule has 1 aliphatic rings. The van der Waals surface area contributed by atoms with Gasteiger partial charge in [-0.2, -0.15) is 0 Å². The van der Waals surface area contributed by atoms with Gasteiger partial charge < -0.3 is 9.32 Å². The van der Waals surface area contributed by atoms with Crippen molar-refractivity contribution in [3.8, 4) is 11.6 Å². The Morgan fingerprint density at radius 1 is 1.30 bits per heavy atom. The maximum Gasteiger partial charge on any atom is 0.246 e. The second kappa shape index (κ2) is 5.71. The number of likely N-dealkylation sites (tertiary alicyclic amines) is 1. The van der Waals surface area contributed by atoms with E-state index in [0.717, 1.165) is 12.1 Å². The molecule has 0 spiro atoms. The van der Waals surface area contributed by atoms with Gasteiger partial charge in [0, 0.05) is 18.8 Å². The van der Waals surface area contributed by atoms with Gasteiger partial charge in [-0.1, -0.05) is 0 Å². The van der Waals surface area contributed by atoms with E-state index in [2.05, 4.69) is 33.7 Å². The summed E-state index contributed by atoms with van der Waals surface area (Å²) in [4.78, 5) is 15.5. The molecule has 1 fully saturated rings. The highest BCUT2D eigenvalue weighted by Gasteiger charge is 2.24. The van der Waals surface area contributed by atoms with Crippen LogP contribution in [0.5, 0.6) is 0 Å². The quantitative estimate of drug-likeness (QED) is 0.855. The van der Waals surface area contributed by atoms with E-state index < -0.39 is 0 Å². The van der Waals surface area contributed by atoms with E-state index >= 15 is 0 Å². The first kappa shape index (κ1) is 13.2. The second-order valence-corrected chi connectivity index (χ2v) is 5.68. The van der Waals surface area contributed by atoms with Crippen LogP contribution in [-0.2, 0) is 6.42 Å². The molecule has 0 aliphatic carbocycles. The van der Waals surface area contributed by atoms with Crippen molar-refractivity contribution < 1.29 is 4.42 Å². The summed E-state index contributed by atoms with van der Waals surface area (Å²) in [5.41, 5.74) is 1.74. The number of hydrogen-bond donors (Lipinski definition) is 0. The lowest BCUT2D eigenvalue weighted by Crippen LogP contribution is -2.28.